The number of carbonyl (C=O) groups is 2. The predicted octanol–water partition coefficient (Wildman–Crippen LogP) is 4.71. The summed E-state index contributed by atoms with van der Waals surface area (Å²) in [5.41, 5.74) is 3.05. The average molecular weight is 393 g/mol. The zero-order valence-electron chi connectivity index (χ0n) is 16.2. The summed E-state index contributed by atoms with van der Waals surface area (Å²) in [4.78, 5) is 32.6. The minimum absolute atomic E-state index is 0.0166. The van der Waals surface area contributed by atoms with Crippen LogP contribution in [-0.2, 0) is 11.2 Å². The lowest BCUT2D eigenvalue weighted by atomic mass is 10.0. The molecule has 0 atom stereocenters. The van der Waals surface area contributed by atoms with Crippen LogP contribution in [0.1, 0.15) is 21.5 Å². The number of pyridine rings is 2. The summed E-state index contributed by atoms with van der Waals surface area (Å²) >= 11 is 0. The van der Waals surface area contributed by atoms with E-state index in [-0.39, 0.29) is 11.7 Å². The van der Waals surface area contributed by atoms with Gasteiger partial charge >= 0.3 is 0 Å². The van der Waals surface area contributed by atoms with Crippen molar-refractivity contribution in [1.29, 1.82) is 0 Å². The van der Waals surface area contributed by atoms with Crippen LogP contribution in [0.25, 0.3) is 16.8 Å². The molecule has 2 aromatic heterocycles. The summed E-state index contributed by atoms with van der Waals surface area (Å²) in [6, 6.07) is 18.4. The summed E-state index contributed by atoms with van der Waals surface area (Å²) in [7, 11) is 0. The number of rotatable bonds is 6. The maximum Gasteiger partial charge on any atom is 0.255 e. The molecule has 1 amide bonds. The van der Waals surface area contributed by atoms with Crippen LogP contribution in [0.2, 0.25) is 0 Å². The highest BCUT2D eigenvalue weighted by Gasteiger charge is 2.06. The van der Waals surface area contributed by atoms with Crippen molar-refractivity contribution in [2.75, 3.05) is 5.32 Å². The van der Waals surface area contributed by atoms with Crippen molar-refractivity contribution < 1.29 is 9.59 Å². The van der Waals surface area contributed by atoms with Gasteiger partial charge in [-0.3, -0.25) is 19.6 Å². The number of nitrogens with zero attached hydrogens (tertiary/aromatic N) is 2. The highest BCUT2D eigenvalue weighted by Crippen LogP contribution is 2.15. The Balaban J connectivity index is 1.37. The smallest absolute Gasteiger partial charge is 0.255 e. The van der Waals surface area contributed by atoms with Crippen LogP contribution in [0.15, 0.2) is 91.5 Å². The maximum absolute atomic E-state index is 12.3. The Labute approximate surface area is 174 Å². The molecule has 0 bridgehead atoms. The minimum Gasteiger partial charge on any atom is -0.322 e. The second-order valence-corrected chi connectivity index (χ2v) is 6.85. The summed E-state index contributed by atoms with van der Waals surface area (Å²) in [6.45, 7) is 0. The van der Waals surface area contributed by atoms with Gasteiger partial charge in [0.05, 0.1) is 0 Å². The molecule has 0 spiro atoms. The van der Waals surface area contributed by atoms with Crippen molar-refractivity contribution in [2.45, 2.75) is 6.42 Å². The fraction of sp³-hybridized carbons (Fsp3) is 0.0400. The molecule has 0 saturated carbocycles. The number of hydrogen-bond acceptors (Lipinski definition) is 4. The largest absolute Gasteiger partial charge is 0.322 e. The van der Waals surface area contributed by atoms with Gasteiger partial charge in [0.25, 0.3) is 5.91 Å². The highest BCUT2D eigenvalue weighted by atomic mass is 16.1. The summed E-state index contributed by atoms with van der Waals surface area (Å²) in [5.74, 6) is -0.178. The first-order chi connectivity index (χ1) is 14.7. The lowest BCUT2D eigenvalue weighted by molar-refractivity contribution is -0.113. The van der Waals surface area contributed by atoms with Crippen molar-refractivity contribution >= 4 is 34.2 Å². The molecule has 4 rings (SSSR count). The maximum atomic E-state index is 12.3. The van der Waals surface area contributed by atoms with Crippen molar-refractivity contribution in [3.63, 3.8) is 0 Å². The Morgan fingerprint density at radius 3 is 2.40 bits per heavy atom. The second-order valence-electron chi connectivity index (χ2n) is 6.85. The van der Waals surface area contributed by atoms with E-state index in [0.717, 1.165) is 21.9 Å². The van der Waals surface area contributed by atoms with E-state index in [9.17, 15) is 9.59 Å². The number of amides is 1. The van der Waals surface area contributed by atoms with E-state index in [1.807, 2.05) is 42.6 Å². The van der Waals surface area contributed by atoms with Crippen LogP contribution in [0, 0.1) is 0 Å². The first-order valence-electron chi connectivity index (χ1n) is 9.52. The van der Waals surface area contributed by atoms with Crippen LogP contribution in [0.3, 0.4) is 0 Å². The normalized spacial score (nSPS) is 10.9. The van der Waals surface area contributed by atoms with Crippen LogP contribution < -0.4 is 5.32 Å². The Morgan fingerprint density at radius 2 is 1.60 bits per heavy atom. The fourth-order valence-corrected chi connectivity index (χ4v) is 3.08. The molecule has 2 heterocycles. The molecule has 0 fully saturated rings. The van der Waals surface area contributed by atoms with Gasteiger partial charge in [-0.05, 0) is 52.9 Å². The zero-order chi connectivity index (χ0) is 20.8. The van der Waals surface area contributed by atoms with Crippen molar-refractivity contribution in [3.05, 3.63) is 108 Å². The Hall–Kier alpha value is -4.12. The number of anilines is 1. The third-order valence-corrected chi connectivity index (χ3v) is 4.66. The first kappa shape index (κ1) is 19.2. The quantitative estimate of drug-likeness (QED) is 0.482. The molecule has 0 aliphatic rings. The first-order valence-corrected chi connectivity index (χ1v) is 9.52. The van der Waals surface area contributed by atoms with Crippen LogP contribution in [0.4, 0.5) is 5.69 Å². The molecule has 1 N–H and O–H groups in total. The number of aromatic nitrogens is 2. The highest BCUT2D eigenvalue weighted by molar-refractivity contribution is 6.04. The third-order valence-electron chi connectivity index (χ3n) is 4.66. The van der Waals surface area contributed by atoms with Crippen molar-refractivity contribution in [1.82, 2.24) is 9.97 Å². The standard InChI is InChI=1S/C25H19N3O2/c29-24(16-19-3-7-22-17-27-12-9-21(22)15-19)8-4-18-1-5-20(6-2-18)25(30)28-23-10-13-26-14-11-23/h1-15,17H,16H2,(H,26,28,30)/b8-4+. The van der Waals surface area contributed by atoms with E-state index >= 15 is 0 Å². The van der Waals surface area contributed by atoms with E-state index in [1.165, 1.54) is 0 Å². The average Bonchev–Trinajstić information content (AvgIpc) is 2.78. The topological polar surface area (TPSA) is 72.0 Å². The SMILES string of the molecule is O=C(/C=C/c1ccc(C(=O)Nc2ccncc2)cc1)Cc1ccc2cnccc2c1. The Kier molecular flexibility index (Phi) is 5.71. The molecule has 0 radical (unpaired) electrons. The molecule has 4 aromatic rings. The van der Waals surface area contributed by atoms with Crippen LogP contribution in [-0.4, -0.2) is 21.7 Å². The van der Waals surface area contributed by atoms with Gasteiger partial charge in [-0.15, -0.1) is 0 Å². The van der Waals surface area contributed by atoms with E-state index < -0.39 is 0 Å². The van der Waals surface area contributed by atoms with Crippen molar-refractivity contribution in [2.24, 2.45) is 0 Å². The van der Waals surface area contributed by atoms with Crippen molar-refractivity contribution in [3.8, 4) is 0 Å². The van der Waals surface area contributed by atoms with Gasteiger partial charge in [0, 0.05) is 47.8 Å². The van der Waals surface area contributed by atoms with Crippen LogP contribution in [0.5, 0.6) is 0 Å². The predicted molar refractivity (Wildman–Crippen MR) is 118 cm³/mol. The number of hydrogen-bond donors (Lipinski definition) is 1. The minimum atomic E-state index is -0.195. The van der Waals surface area contributed by atoms with Gasteiger partial charge < -0.3 is 5.32 Å². The fourth-order valence-electron chi connectivity index (χ4n) is 3.08. The number of allylic oxidation sites excluding steroid dienone is 1. The molecule has 146 valence electrons. The summed E-state index contributed by atoms with van der Waals surface area (Å²) < 4.78 is 0. The zero-order valence-corrected chi connectivity index (χ0v) is 16.2. The number of ketones is 1. The van der Waals surface area contributed by atoms with E-state index in [2.05, 4.69) is 15.3 Å². The third kappa shape index (κ3) is 4.83. The Bertz CT molecular complexity index is 1220. The van der Waals surface area contributed by atoms with Gasteiger partial charge in [0.15, 0.2) is 5.78 Å². The second kappa shape index (κ2) is 8.92. The van der Waals surface area contributed by atoms with E-state index in [4.69, 9.17) is 0 Å². The molecule has 5 heteroatoms. The number of nitrogens with one attached hydrogen (secondary N) is 1. The molecule has 2 aromatic carbocycles. The monoisotopic (exact) mass is 393 g/mol. The van der Waals surface area contributed by atoms with E-state index in [0.29, 0.717) is 17.7 Å². The summed E-state index contributed by atoms with van der Waals surface area (Å²) in [6.07, 6.45) is 10.5. The van der Waals surface area contributed by atoms with Gasteiger partial charge in [0.1, 0.15) is 0 Å². The lowest BCUT2D eigenvalue weighted by Crippen LogP contribution is -2.11. The number of carbonyl (C=O) groups excluding carboxylic acids is 2. The molecule has 30 heavy (non-hydrogen) atoms. The molecule has 5 nitrogen and oxygen atoms in total. The number of benzene rings is 2. The Morgan fingerprint density at radius 1 is 0.833 bits per heavy atom. The van der Waals surface area contributed by atoms with Gasteiger partial charge in [0.2, 0.25) is 0 Å². The lowest BCUT2D eigenvalue weighted by Gasteiger charge is -2.05. The summed E-state index contributed by atoms with van der Waals surface area (Å²) in [5, 5.41) is 4.94. The molecule has 0 aliphatic heterocycles. The molecular weight excluding hydrogens is 374 g/mol. The van der Waals surface area contributed by atoms with Gasteiger partial charge in [-0.1, -0.05) is 36.4 Å². The molecule has 0 saturated heterocycles. The molecule has 0 unspecified atom stereocenters. The molecule has 0 aliphatic carbocycles. The number of fused-ring (bicyclic) bond motifs is 1. The van der Waals surface area contributed by atoms with Gasteiger partial charge in [-0.2, -0.15) is 0 Å². The van der Waals surface area contributed by atoms with Gasteiger partial charge in [-0.25, -0.2) is 0 Å². The molecular formula is C25H19N3O2. The van der Waals surface area contributed by atoms with E-state index in [1.54, 1.807) is 55.0 Å². The van der Waals surface area contributed by atoms with Crippen LogP contribution >= 0.6 is 0 Å².